The van der Waals surface area contributed by atoms with Gasteiger partial charge < -0.3 is 9.84 Å². The fourth-order valence-corrected chi connectivity index (χ4v) is 1.16. The minimum Gasteiger partial charge on any atom is -0.508 e. The number of phenolic OH excluding ortho intramolecular Hbond substituents is 1. The predicted octanol–water partition coefficient (Wildman–Crippen LogP) is 1.96. The molecule has 0 saturated heterocycles. The lowest BCUT2D eigenvalue weighted by molar-refractivity contribution is 0.0486. The minimum absolute atomic E-state index is 0.156. The van der Waals surface area contributed by atoms with E-state index in [1.807, 2.05) is 0 Å². The molecule has 1 aromatic carbocycles. The molecular formula is C11H12O3. The summed E-state index contributed by atoms with van der Waals surface area (Å²) >= 11 is 0. The number of ether oxygens (including phenoxy) is 1. The highest BCUT2D eigenvalue weighted by Crippen LogP contribution is 2.29. The zero-order chi connectivity index (χ0) is 9.97. The second kappa shape index (κ2) is 3.70. The number of carbonyl (C=O) groups is 1. The van der Waals surface area contributed by atoms with Gasteiger partial charge in [0.05, 0.1) is 12.2 Å². The molecular weight excluding hydrogens is 180 g/mol. The normalized spacial score (nSPS) is 15.1. The van der Waals surface area contributed by atoms with E-state index in [0.29, 0.717) is 18.1 Å². The first-order valence-electron chi connectivity index (χ1n) is 4.72. The molecule has 1 fully saturated rings. The Morgan fingerprint density at radius 2 is 2.00 bits per heavy atom. The molecule has 1 aromatic rings. The predicted molar refractivity (Wildman–Crippen MR) is 51.1 cm³/mol. The third-order valence-corrected chi connectivity index (χ3v) is 2.25. The first kappa shape index (κ1) is 9.06. The standard InChI is InChI=1S/C11H12O3/c12-10-5-3-9(4-6-10)11(13)14-7-8-1-2-8/h3-6,8,12H,1-2,7H2. The summed E-state index contributed by atoms with van der Waals surface area (Å²) in [6.45, 7) is 0.527. The molecule has 0 radical (unpaired) electrons. The van der Waals surface area contributed by atoms with Crippen molar-refractivity contribution in [1.29, 1.82) is 0 Å². The average Bonchev–Trinajstić information content (AvgIpc) is 2.99. The molecule has 0 aliphatic heterocycles. The van der Waals surface area contributed by atoms with Gasteiger partial charge in [0.1, 0.15) is 5.75 Å². The zero-order valence-electron chi connectivity index (χ0n) is 7.77. The van der Waals surface area contributed by atoms with Gasteiger partial charge in [0.25, 0.3) is 0 Å². The largest absolute Gasteiger partial charge is 0.508 e. The molecule has 0 aromatic heterocycles. The van der Waals surface area contributed by atoms with Gasteiger partial charge in [-0.25, -0.2) is 4.79 Å². The molecule has 3 nitrogen and oxygen atoms in total. The molecule has 2 rings (SSSR count). The topological polar surface area (TPSA) is 46.5 Å². The zero-order valence-corrected chi connectivity index (χ0v) is 7.77. The van der Waals surface area contributed by atoms with Crippen molar-refractivity contribution in [2.45, 2.75) is 12.8 Å². The van der Waals surface area contributed by atoms with Crippen LogP contribution in [0.5, 0.6) is 5.75 Å². The number of hydrogen-bond acceptors (Lipinski definition) is 3. The summed E-state index contributed by atoms with van der Waals surface area (Å²) in [5.74, 6) is 0.428. The smallest absolute Gasteiger partial charge is 0.338 e. The van der Waals surface area contributed by atoms with Crippen molar-refractivity contribution in [2.24, 2.45) is 5.92 Å². The summed E-state index contributed by atoms with van der Waals surface area (Å²) in [5, 5.41) is 9.01. The van der Waals surface area contributed by atoms with Crippen LogP contribution in [0.25, 0.3) is 0 Å². The highest BCUT2D eigenvalue weighted by molar-refractivity contribution is 5.89. The maximum Gasteiger partial charge on any atom is 0.338 e. The molecule has 74 valence electrons. The Morgan fingerprint density at radius 3 is 2.57 bits per heavy atom. The Bertz CT molecular complexity index is 325. The van der Waals surface area contributed by atoms with E-state index in [9.17, 15) is 4.79 Å². The van der Waals surface area contributed by atoms with Crippen LogP contribution in [-0.4, -0.2) is 17.7 Å². The Balaban J connectivity index is 1.92. The highest BCUT2D eigenvalue weighted by atomic mass is 16.5. The van der Waals surface area contributed by atoms with E-state index >= 15 is 0 Å². The van der Waals surface area contributed by atoms with Crippen molar-refractivity contribution in [1.82, 2.24) is 0 Å². The first-order chi connectivity index (χ1) is 6.75. The Hall–Kier alpha value is -1.51. The second-order valence-corrected chi connectivity index (χ2v) is 3.59. The number of benzene rings is 1. The molecule has 0 heterocycles. The van der Waals surface area contributed by atoms with E-state index < -0.39 is 0 Å². The molecule has 0 unspecified atom stereocenters. The molecule has 1 N–H and O–H groups in total. The van der Waals surface area contributed by atoms with Crippen molar-refractivity contribution in [3.8, 4) is 5.75 Å². The third kappa shape index (κ3) is 2.25. The highest BCUT2D eigenvalue weighted by Gasteiger charge is 2.23. The monoisotopic (exact) mass is 192 g/mol. The summed E-state index contributed by atoms with van der Waals surface area (Å²) in [7, 11) is 0. The van der Waals surface area contributed by atoms with E-state index in [1.54, 1.807) is 12.1 Å². The molecule has 0 amide bonds. The fraction of sp³-hybridized carbons (Fsp3) is 0.364. The van der Waals surface area contributed by atoms with Crippen molar-refractivity contribution in [2.75, 3.05) is 6.61 Å². The molecule has 14 heavy (non-hydrogen) atoms. The van der Waals surface area contributed by atoms with Crippen LogP contribution in [0, 0.1) is 5.92 Å². The van der Waals surface area contributed by atoms with Crippen LogP contribution >= 0.6 is 0 Å². The Labute approximate surface area is 82.3 Å². The average molecular weight is 192 g/mol. The van der Waals surface area contributed by atoms with E-state index in [2.05, 4.69) is 0 Å². The van der Waals surface area contributed by atoms with Gasteiger partial charge in [0.15, 0.2) is 0 Å². The number of aromatic hydroxyl groups is 1. The summed E-state index contributed by atoms with van der Waals surface area (Å²) in [4.78, 5) is 11.4. The van der Waals surface area contributed by atoms with Crippen molar-refractivity contribution >= 4 is 5.97 Å². The molecule has 0 bridgehead atoms. The maximum atomic E-state index is 11.4. The Morgan fingerprint density at radius 1 is 1.36 bits per heavy atom. The lowest BCUT2D eigenvalue weighted by Crippen LogP contribution is -2.07. The van der Waals surface area contributed by atoms with Gasteiger partial charge >= 0.3 is 5.97 Å². The third-order valence-electron chi connectivity index (χ3n) is 2.25. The summed E-state index contributed by atoms with van der Waals surface area (Å²) < 4.78 is 5.07. The summed E-state index contributed by atoms with van der Waals surface area (Å²) in [6, 6.07) is 6.08. The van der Waals surface area contributed by atoms with Gasteiger partial charge in [-0.3, -0.25) is 0 Å². The molecule has 0 spiro atoms. The molecule has 1 aliphatic carbocycles. The van der Waals surface area contributed by atoms with Crippen LogP contribution < -0.4 is 0 Å². The van der Waals surface area contributed by atoms with Gasteiger partial charge in [-0.15, -0.1) is 0 Å². The number of hydrogen-bond donors (Lipinski definition) is 1. The number of carbonyl (C=O) groups excluding carboxylic acids is 1. The van der Waals surface area contributed by atoms with E-state index in [4.69, 9.17) is 9.84 Å². The summed E-state index contributed by atoms with van der Waals surface area (Å²) in [6.07, 6.45) is 2.34. The van der Waals surface area contributed by atoms with E-state index in [-0.39, 0.29) is 11.7 Å². The van der Waals surface area contributed by atoms with Gasteiger partial charge in [-0.05, 0) is 43.0 Å². The van der Waals surface area contributed by atoms with Crippen LogP contribution in [0.15, 0.2) is 24.3 Å². The van der Waals surface area contributed by atoms with Crippen LogP contribution in [-0.2, 0) is 4.74 Å². The second-order valence-electron chi connectivity index (χ2n) is 3.59. The van der Waals surface area contributed by atoms with Crippen molar-refractivity contribution < 1.29 is 14.6 Å². The molecule has 0 atom stereocenters. The van der Waals surface area contributed by atoms with E-state index in [1.165, 1.54) is 25.0 Å². The van der Waals surface area contributed by atoms with Crippen LogP contribution in [0.2, 0.25) is 0 Å². The van der Waals surface area contributed by atoms with Crippen LogP contribution in [0.3, 0.4) is 0 Å². The summed E-state index contributed by atoms with van der Waals surface area (Å²) in [5.41, 5.74) is 0.489. The maximum absolute atomic E-state index is 11.4. The molecule has 1 aliphatic rings. The first-order valence-corrected chi connectivity index (χ1v) is 4.72. The van der Waals surface area contributed by atoms with Crippen molar-refractivity contribution in [3.05, 3.63) is 29.8 Å². The fourth-order valence-electron chi connectivity index (χ4n) is 1.16. The van der Waals surface area contributed by atoms with Crippen LogP contribution in [0.4, 0.5) is 0 Å². The number of esters is 1. The van der Waals surface area contributed by atoms with Gasteiger partial charge in [0, 0.05) is 0 Å². The van der Waals surface area contributed by atoms with Gasteiger partial charge in [0.2, 0.25) is 0 Å². The quantitative estimate of drug-likeness (QED) is 0.744. The lowest BCUT2D eigenvalue weighted by Gasteiger charge is -2.03. The SMILES string of the molecule is O=C(OCC1CC1)c1ccc(O)cc1. The van der Waals surface area contributed by atoms with Crippen LogP contribution in [0.1, 0.15) is 23.2 Å². The molecule has 3 heteroatoms. The van der Waals surface area contributed by atoms with Gasteiger partial charge in [-0.2, -0.15) is 0 Å². The lowest BCUT2D eigenvalue weighted by atomic mass is 10.2. The minimum atomic E-state index is -0.308. The Kier molecular flexibility index (Phi) is 2.39. The number of phenols is 1. The van der Waals surface area contributed by atoms with Crippen molar-refractivity contribution in [3.63, 3.8) is 0 Å². The van der Waals surface area contributed by atoms with Gasteiger partial charge in [-0.1, -0.05) is 0 Å². The number of rotatable bonds is 3. The van der Waals surface area contributed by atoms with E-state index in [0.717, 1.165) is 0 Å². The molecule has 1 saturated carbocycles.